The van der Waals surface area contributed by atoms with Crippen molar-refractivity contribution in [3.8, 4) is 5.88 Å². The standard InChI is InChI=1S/C28H48N7O10P/c1-9-42-24(37)17(11-15(3)4)33-46(40,34-18(12-16(5)6)25(38)43-10-2)44-13-19-21(36)28(7,39)26(45-19)35-14-30-20-22(35)31-27(29)32-23(20)41-8/h14-19,21,26,36,39H,9-13H2,1-8H3,(H2,29,31,32)(H2,33,34,40)/t17-,18-,19-,21+,26?,28?/m1/s1. The van der Waals surface area contributed by atoms with Crippen LogP contribution in [0.25, 0.3) is 11.2 Å². The number of hydrogen-bond donors (Lipinski definition) is 5. The van der Waals surface area contributed by atoms with E-state index in [9.17, 15) is 24.4 Å². The summed E-state index contributed by atoms with van der Waals surface area (Å²) in [6.07, 6.45) is -2.24. The quantitative estimate of drug-likeness (QED) is 0.119. The van der Waals surface area contributed by atoms with E-state index in [1.54, 1.807) is 13.8 Å². The van der Waals surface area contributed by atoms with E-state index in [2.05, 4.69) is 25.1 Å². The average molecular weight is 674 g/mol. The minimum Gasteiger partial charge on any atom is -0.479 e. The van der Waals surface area contributed by atoms with Gasteiger partial charge in [-0.05, 0) is 45.4 Å². The Kier molecular flexibility index (Phi) is 12.9. The van der Waals surface area contributed by atoms with E-state index in [4.69, 9.17) is 29.2 Å². The second kappa shape index (κ2) is 15.8. The molecule has 17 nitrogen and oxygen atoms in total. The van der Waals surface area contributed by atoms with Crippen molar-refractivity contribution >= 4 is 36.7 Å². The molecule has 1 aliphatic heterocycles. The van der Waals surface area contributed by atoms with Gasteiger partial charge in [0.05, 0.1) is 33.3 Å². The van der Waals surface area contributed by atoms with Crippen LogP contribution in [0.15, 0.2) is 6.33 Å². The molecule has 0 spiro atoms. The zero-order valence-electron chi connectivity index (χ0n) is 27.6. The molecule has 0 aromatic carbocycles. The van der Waals surface area contributed by atoms with E-state index < -0.39 is 62.3 Å². The number of nitrogens with zero attached hydrogens (tertiary/aromatic N) is 4. The Labute approximate surface area is 268 Å². The highest BCUT2D eigenvalue weighted by Crippen LogP contribution is 2.45. The number of nitrogens with one attached hydrogen (secondary N) is 2. The Morgan fingerprint density at radius 3 is 2.11 bits per heavy atom. The van der Waals surface area contributed by atoms with Crippen molar-refractivity contribution in [1.29, 1.82) is 0 Å². The smallest absolute Gasteiger partial charge is 0.342 e. The highest BCUT2D eigenvalue weighted by atomic mass is 31.2. The molecule has 0 bridgehead atoms. The van der Waals surface area contributed by atoms with Crippen LogP contribution in [0, 0.1) is 11.8 Å². The highest BCUT2D eigenvalue weighted by molar-refractivity contribution is 7.54. The van der Waals surface area contributed by atoms with Crippen molar-refractivity contribution in [2.75, 3.05) is 32.7 Å². The van der Waals surface area contributed by atoms with Crippen LogP contribution < -0.4 is 20.6 Å². The first-order chi connectivity index (χ1) is 21.6. The molecule has 2 unspecified atom stereocenters. The summed E-state index contributed by atoms with van der Waals surface area (Å²) in [5.41, 5.74) is 4.34. The Bertz CT molecular complexity index is 1350. The van der Waals surface area contributed by atoms with Gasteiger partial charge in [-0.15, -0.1) is 0 Å². The summed E-state index contributed by atoms with van der Waals surface area (Å²) in [6, 6.07) is -2.13. The summed E-state index contributed by atoms with van der Waals surface area (Å²) in [4.78, 5) is 38.2. The van der Waals surface area contributed by atoms with Gasteiger partial charge >= 0.3 is 19.6 Å². The van der Waals surface area contributed by atoms with Crippen LogP contribution in [0.1, 0.15) is 67.5 Å². The molecule has 1 fully saturated rings. The van der Waals surface area contributed by atoms with Crippen molar-refractivity contribution < 1.29 is 47.8 Å². The van der Waals surface area contributed by atoms with E-state index >= 15 is 0 Å². The number of rotatable bonds is 17. The van der Waals surface area contributed by atoms with Gasteiger partial charge in [-0.2, -0.15) is 9.97 Å². The minimum absolute atomic E-state index is 0.0100. The lowest BCUT2D eigenvalue weighted by molar-refractivity contribution is -0.146. The van der Waals surface area contributed by atoms with E-state index in [1.165, 1.54) is 24.9 Å². The van der Waals surface area contributed by atoms with Crippen LogP contribution in [-0.2, 0) is 32.9 Å². The number of aromatic nitrogens is 4. The van der Waals surface area contributed by atoms with Crippen LogP contribution in [0.3, 0.4) is 0 Å². The molecule has 1 aliphatic rings. The number of fused-ring (bicyclic) bond motifs is 1. The Hall–Kier alpha value is -2.92. The van der Waals surface area contributed by atoms with Crippen molar-refractivity contribution in [2.24, 2.45) is 11.8 Å². The average Bonchev–Trinajstić information content (AvgIpc) is 3.47. The lowest BCUT2D eigenvalue weighted by atomic mass is 9.96. The third-order valence-corrected chi connectivity index (χ3v) is 9.05. The third-order valence-electron chi connectivity index (χ3n) is 7.24. The Balaban J connectivity index is 1.94. The summed E-state index contributed by atoms with van der Waals surface area (Å²) in [6.45, 7) is 11.8. The molecule has 0 amide bonds. The Morgan fingerprint density at radius 2 is 1.63 bits per heavy atom. The molecule has 1 saturated heterocycles. The van der Waals surface area contributed by atoms with Gasteiger partial charge < -0.3 is 39.4 Å². The third kappa shape index (κ3) is 8.91. The first kappa shape index (κ1) is 37.5. The fraction of sp³-hybridized carbons (Fsp3) is 0.750. The number of aliphatic hydroxyl groups excluding tert-OH is 1. The summed E-state index contributed by atoms with van der Waals surface area (Å²) in [5, 5.41) is 28.1. The van der Waals surface area contributed by atoms with Crippen LogP contribution in [0.4, 0.5) is 5.95 Å². The van der Waals surface area contributed by atoms with Gasteiger partial charge in [0.25, 0.3) is 0 Å². The molecule has 3 rings (SSSR count). The van der Waals surface area contributed by atoms with E-state index in [0.717, 1.165) is 0 Å². The number of ether oxygens (including phenoxy) is 4. The summed E-state index contributed by atoms with van der Waals surface area (Å²) in [5.74, 6) is -1.33. The van der Waals surface area contributed by atoms with Crippen molar-refractivity contribution in [2.45, 2.75) is 97.4 Å². The van der Waals surface area contributed by atoms with Gasteiger partial charge in [0.2, 0.25) is 11.8 Å². The summed E-state index contributed by atoms with van der Waals surface area (Å²) >= 11 is 0. The molecule has 3 heterocycles. The maximum atomic E-state index is 14.5. The lowest BCUT2D eigenvalue weighted by Crippen LogP contribution is -2.47. The first-order valence-corrected chi connectivity index (χ1v) is 16.9. The maximum absolute atomic E-state index is 14.5. The molecule has 2 aromatic heterocycles. The molecule has 18 heteroatoms. The van der Waals surface area contributed by atoms with Gasteiger partial charge in [-0.25, -0.2) is 15.2 Å². The van der Waals surface area contributed by atoms with E-state index in [0.29, 0.717) is 0 Å². The SMILES string of the molecule is CCOC(=O)[C@@H](CC(C)C)NP(=O)(N[C@H](CC(C)C)C(=O)OCC)OC[C@H]1OC(n2cnc3c(OC)nc(N)nc32)C(C)(O)[C@H]1O. The maximum Gasteiger partial charge on any atom is 0.342 e. The van der Waals surface area contributed by atoms with Gasteiger partial charge in [0.15, 0.2) is 17.4 Å². The summed E-state index contributed by atoms with van der Waals surface area (Å²) < 4.78 is 43.5. The number of anilines is 1. The topological polar surface area (TPSA) is 232 Å². The zero-order valence-corrected chi connectivity index (χ0v) is 28.5. The number of imidazole rings is 1. The van der Waals surface area contributed by atoms with Crippen LogP contribution in [-0.4, -0.2) is 98.5 Å². The molecule has 6 N–H and O–H groups in total. The van der Waals surface area contributed by atoms with Crippen molar-refractivity contribution in [1.82, 2.24) is 29.7 Å². The van der Waals surface area contributed by atoms with E-state index in [1.807, 2.05) is 27.7 Å². The van der Waals surface area contributed by atoms with Crippen LogP contribution in [0.5, 0.6) is 5.88 Å². The predicted molar refractivity (Wildman–Crippen MR) is 166 cm³/mol. The highest BCUT2D eigenvalue weighted by Gasteiger charge is 2.54. The number of aliphatic hydroxyl groups is 2. The lowest BCUT2D eigenvalue weighted by Gasteiger charge is -2.30. The van der Waals surface area contributed by atoms with Gasteiger partial charge in [0.1, 0.15) is 29.9 Å². The van der Waals surface area contributed by atoms with Crippen LogP contribution in [0.2, 0.25) is 0 Å². The Morgan fingerprint density at radius 1 is 1.09 bits per heavy atom. The second-order valence-corrected chi connectivity index (χ2v) is 14.0. The fourth-order valence-corrected chi connectivity index (χ4v) is 6.95. The van der Waals surface area contributed by atoms with Crippen molar-refractivity contribution in [3.05, 3.63) is 6.33 Å². The van der Waals surface area contributed by atoms with Gasteiger partial charge in [-0.1, -0.05) is 27.7 Å². The van der Waals surface area contributed by atoms with Crippen LogP contribution >= 0.6 is 7.67 Å². The molecule has 0 saturated carbocycles. The number of carbonyl (C=O) groups excluding carboxylic acids is 2. The molecular formula is C28H48N7O10P. The number of nitrogens with two attached hydrogens (primary N) is 1. The number of carbonyl (C=O) groups is 2. The molecule has 260 valence electrons. The van der Waals surface area contributed by atoms with Gasteiger partial charge in [-0.3, -0.25) is 18.7 Å². The summed E-state index contributed by atoms with van der Waals surface area (Å²) in [7, 11) is -2.91. The first-order valence-electron chi connectivity index (χ1n) is 15.3. The number of esters is 2. The number of methoxy groups -OCH3 is 1. The largest absolute Gasteiger partial charge is 0.479 e. The van der Waals surface area contributed by atoms with Gasteiger partial charge in [0, 0.05) is 0 Å². The molecule has 46 heavy (non-hydrogen) atoms. The molecular weight excluding hydrogens is 625 g/mol. The molecule has 6 atom stereocenters. The predicted octanol–water partition coefficient (Wildman–Crippen LogP) is 1.69. The minimum atomic E-state index is -4.30. The second-order valence-electron chi connectivity index (χ2n) is 12.1. The zero-order chi connectivity index (χ0) is 34.4. The molecule has 0 aliphatic carbocycles. The van der Waals surface area contributed by atoms with E-state index in [-0.39, 0.29) is 60.9 Å². The number of hydrogen-bond acceptors (Lipinski definition) is 14. The fourth-order valence-electron chi connectivity index (χ4n) is 5.13. The molecule has 0 radical (unpaired) electrons. The van der Waals surface area contributed by atoms with Crippen molar-refractivity contribution in [3.63, 3.8) is 0 Å². The normalized spacial score (nSPS) is 23.2. The number of nitrogen functional groups attached to an aromatic ring is 1. The monoisotopic (exact) mass is 673 g/mol. The molecule has 2 aromatic rings.